The van der Waals surface area contributed by atoms with Crippen molar-refractivity contribution in [3.8, 4) is 0 Å². The number of aliphatic hydroxyl groups is 1. The van der Waals surface area contributed by atoms with E-state index < -0.39 is 30.1 Å². The molecule has 0 spiro atoms. The Kier molecular flexibility index (Phi) is 4.09. The summed E-state index contributed by atoms with van der Waals surface area (Å²) in [5.41, 5.74) is -2.90. The number of halogens is 3. The number of amides is 1. The van der Waals surface area contributed by atoms with Gasteiger partial charge in [-0.1, -0.05) is 19.8 Å². The van der Waals surface area contributed by atoms with Crippen LogP contribution in [0.2, 0.25) is 0 Å². The molecule has 2 aliphatic rings. The van der Waals surface area contributed by atoms with Crippen molar-refractivity contribution in [1.29, 1.82) is 0 Å². The van der Waals surface area contributed by atoms with Gasteiger partial charge in [-0.05, 0) is 25.7 Å². The minimum Gasteiger partial charge on any atom is -0.362 e. The molecule has 1 aliphatic heterocycles. The number of alkyl halides is 3. The molecule has 1 atom stereocenters. The maximum atomic E-state index is 13.1. The van der Waals surface area contributed by atoms with Crippen molar-refractivity contribution in [3.05, 3.63) is 0 Å². The molecule has 1 fully saturated rings. The number of unbranched alkanes of at least 4 members (excludes halogenated alkanes) is 2. The van der Waals surface area contributed by atoms with Crippen LogP contribution in [0.1, 0.15) is 51.9 Å². The van der Waals surface area contributed by atoms with Gasteiger partial charge < -0.3 is 5.11 Å². The lowest BCUT2D eigenvalue weighted by molar-refractivity contribution is -0.302. The van der Waals surface area contributed by atoms with Crippen LogP contribution in [0.25, 0.3) is 0 Å². The van der Waals surface area contributed by atoms with E-state index >= 15 is 0 Å². The summed E-state index contributed by atoms with van der Waals surface area (Å²) >= 11 is 0. The molecule has 1 heterocycles. The predicted molar refractivity (Wildman–Crippen MR) is 66.8 cm³/mol. The molecule has 0 saturated heterocycles. The summed E-state index contributed by atoms with van der Waals surface area (Å²) in [6.07, 6.45) is -1.43. The van der Waals surface area contributed by atoms with Gasteiger partial charge in [0.15, 0.2) is 0 Å². The maximum absolute atomic E-state index is 13.1. The van der Waals surface area contributed by atoms with Gasteiger partial charge in [0, 0.05) is 18.1 Å². The van der Waals surface area contributed by atoms with Gasteiger partial charge in [0.05, 0.1) is 0 Å². The van der Waals surface area contributed by atoms with Crippen LogP contribution in [0.3, 0.4) is 0 Å². The average Bonchev–Trinajstić information content (AvgIpc) is 3.13. The van der Waals surface area contributed by atoms with E-state index in [9.17, 15) is 23.1 Å². The van der Waals surface area contributed by atoms with Gasteiger partial charge in [0.2, 0.25) is 5.91 Å². The highest BCUT2D eigenvalue weighted by atomic mass is 19.4. The first kappa shape index (κ1) is 15.3. The van der Waals surface area contributed by atoms with Crippen molar-refractivity contribution < 1.29 is 23.1 Å². The Morgan fingerprint density at radius 3 is 2.60 bits per heavy atom. The molecular formula is C13H19F3N2O2. The number of hydrogen-bond donors (Lipinski definition) is 1. The van der Waals surface area contributed by atoms with Crippen LogP contribution in [0, 0.1) is 5.92 Å². The quantitative estimate of drug-likeness (QED) is 0.792. The summed E-state index contributed by atoms with van der Waals surface area (Å²) in [6, 6.07) is 0. The number of hydrazone groups is 1. The Morgan fingerprint density at radius 2 is 2.10 bits per heavy atom. The number of hydrogen-bond acceptors (Lipinski definition) is 3. The van der Waals surface area contributed by atoms with Crippen LogP contribution in [-0.2, 0) is 4.79 Å². The molecule has 0 aromatic rings. The highest BCUT2D eigenvalue weighted by molar-refractivity contribution is 5.91. The van der Waals surface area contributed by atoms with E-state index in [4.69, 9.17) is 0 Å². The lowest BCUT2D eigenvalue weighted by atomic mass is 10.0. The number of nitrogens with zero attached hydrogens (tertiary/aromatic N) is 2. The highest BCUT2D eigenvalue weighted by Crippen LogP contribution is 2.44. The van der Waals surface area contributed by atoms with Crippen molar-refractivity contribution in [3.63, 3.8) is 0 Å². The van der Waals surface area contributed by atoms with Gasteiger partial charge in [-0.25, -0.2) is 0 Å². The Labute approximate surface area is 115 Å². The minimum atomic E-state index is -4.90. The third kappa shape index (κ3) is 2.82. The molecule has 1 unspecified atom stereocenters. The first-order chi connectivity index (χ1) is 9.29. The Balaban J connectivity index is 2.14. The van der Waals surface area contributed by atoms with Gasteiger partial charge >= 0.3 is 6.18 Å². The van der Waals surface area contributed by atoms with Crippen LogP contribution in [0.5, 0.6) is 0 Å². The predicted octanol–water partition coefficient (Wildman–Crippen LogP) is 2.82. The second-order valence-corrected chi connectivity index (χ2v) is 5.54. The van der Waals surface area contributed by atoms with E-state index in [1.54, 1.807) is 0 Å². The second kappa shape index (κ2) is 5.35. The third-order valence-electron chi connectivity index (χ3n) is 3.70. The second-order valence-electron chi connectivity index (χ2n) is 5.54. The van der Waals surface area contributed by atoms with Crippen molar-refractivity contribution >= 4 is 11.6 Å². The van der Waals surface area contributed by atoms with Crippen LogP contribution in [0.15, 0.2) is 5.10 Å². The van der Waals surface area contributed by atoms with Crippen LogP contribution in [-0.4, -0.2) is 33.6 Å². The van der Waals surface area contributed by atoms with Gasteiger partial charge in [0.1, 0.15) is 0 Å². The normalized spacial score (nSPS) is 26.9. The van der Waals surface area contributed by atoms with Crippen LogP contribution < -0.4 is 0 Å². The van der Waals surface area contributed by atoms with Crippen LogP contribution in [0.4, 0.5) is 13.2 Å². The number of rotatable bonds is 5. The SMILES string of the molecule is CCCCCC1=NN(C(=O)C2CC2)C(O)(C(F)(F)F)C1. The smallest absolute Gasteiger partial charge is 0.362 e. The van der Waals surface area contributed by atoms with Crippen molar-refractivity contribution in [2.45, 2.75) is 63.8 Å². The van der Waals surface area contributed by atoms with E-state index in [0.717, 1.165) is 12.8 Å². The molecule has 0 radical (unpaired) electrons. The van der Waals surface area contributed by atoms with E-state index in [-0.39, 0.29) is 10.7 Å². The Morgan fingerprint density at radius 1 is 1.45 bits per heavy atom. The van der Waals surface area contributed by atoms with Crippen molar-refractivity contribution in [1.82, 2.24) is 5.01 Å². The maximum Gasteiger partial charge on any atom is 0.438 e. The number of carbonyl (C=O) groups excluding carboxylic acids is 1. The molecule has 114 valence electrons. The molecule has 1 amide bonds. The van der Waals surface area contributed by atoms with E-state index in [1.807, 2.05) is 6.92 Å². The summed E-state index contributed by atoms with van der Waals surface area (Å²) in [5.74, 6) is -1.13. The summed E-state index contributed by atoms with van der Waals surface area (Å²) in [5, 5.41) is 14.0. The zero-order valence-corrected chi connectivity index (χ0v) is 11.4. The Bertz CT molecular complexity index is 418. The monoisotopic (exact) mass is 292 g/mol. The highest BCUT2D eigenvalue weighted by Gasteiger charge is 2.63. The molecule has 4 nitrogen and oxygen atoms in total. The van der Waals surface area contributed by atoms with Gasteiger partial charge in [-0.15, -0.1) is 0 Å². The van der Waals surface area contributed by atoms with E-state index in [2.05, 4.69) is 5.10 Å². The first-order valence-corrected chi connectivity index (χ1v) is 6.99. The average molecular weight is 292 g/mol. The lowest BCUT2D eigenvalue weighted by Crippen LogP contribution is -2.57. The fourth-order valence-corrected chi connectivity index (χ4v) is 2.29. The zero-order valence-electron chi connectivity index (χ0n) is 11.4. The molecule has 0 aromatic carbocycles. The molecule has 7 heteroatoms. The fourth-order valence-electron chi connectivity index (χ4n) is 2.29. The van der Waals surface area contributed by atoms with Crippen molar-refractivity contribution in [2.24, 2.45) is 11.0 Å². The third-order valence-corrected chi connectivity index (χ3v) is 3.70. The number of carbonyl (C=O) groups is 1. The van der Waals surface area contributed by atoms with Crippen molar-refractivity contribution in [2.75, 3.05) is 0 Å². The molecule has 1 aliphatic carbocycles. The molecule has 20 heavy (non-hydrogen) atoms. The first-order valence-electron chi connectivity index (χ1n) is 6.99. The summed E-state index contributed by atoms with van der Waals surface area (Å²) in [7, 11) is 0. The lowest BCUT2D eigenvalue weighted by Gasteiger charge is -2.32. The molecular weight excluding hydrogens is 273 g/mol. The van der Waals surface area contributed by atoms with E-state index in [0.29, 0.717) is 25.7 Å². The van der Waals surface area contributed by atoms with Gasteiger partial charge in [0.25, 0.3) is 5.72 Å². The Hall–Kier alpha value is -1.11. The minimum absolute atomic E-state index is 0.257. The van der Waals surface area contributed by atoms with Gasteiger partial charge in [-0.3, -0.25) is 4.79 Å². The molecule has 2 rings (SSSR count). The molecule has 0 bridgehead atoms. The molecule has 1 N–H and O–H groups in total. The van der Waals surface area contributed by atoms with Crippen LogP contribution >= 0.6 is 0 Å². The standard InChI is InChI=1S/C13H19F3N2O2/c1-2-3-4-5-10-8-12(20,13(14,15)16)18(17-10)11(19)9-6-7-9/h9,20H,2-8H2,1H3. The summed E-state index contributed by atoms with van der Waals surface area (Å²) in [4.78, 5) is 11.9. The fraction of sp³-hybridized carbons (Fsp3) is 0.846. The topological polar surface area (TPSA) is 52.9 Å². The summed E-state index contributed by atoms with van der Waals surface area (Å²) < 4.78 is 39.3. The largest absolute Gasteiger partial charge is 0.438 e. The summed E-state index contributed by atoms with van der Waals surface area (Å²) in [6.45, 7) is 1.99. The molecule has 1 saturated carbocycles. The van der Waals surface area contributed by atoms with E-state index in [1.165, 1.54) is 0 Å². The molecule has 0 aromatic heterocycles. The van der Waals surface area contributed by atoms with Gasteiger partial charge in [-0.2, -0.15) is 23.3 Å². The zero-order chi connectivity index (χ0) is 15.0.